The maximum atomic E-state index is 12.3. The molecular formula is C11H7BrF6O3. The highest BCUT2D eigenvalue weighted by Gasteiger charge is 2.38. The van der Waals surface area contributed by atoms with Crippen LogP contribution in [0.4, 0.5) is 26.3 Å². The maximum Gasteiger partial charge on any atom is 0.573 e. The zero-order chi connectivity index (χ0) is 16.4. The smallest absolute Gasteiger partial charge is 0.402 e. The molecular weight excluding hydrogens is 374 g/mol. The molecule has 0 fully saturated rings. The molecule has 118 valence electrons. The minimum absolute atomic E-state index is 0.615. The Labute approximate surface area is 123 Å². The summed E-state index contributed by atoms with van der Waals surface area (Å²) in [5, 5.41) is 0. The zero-order valence-electron chi connectivity index (χ0n) is 10.2. The van der Waals surface area contributed by atoms with Crippen molar-refractivity contribution in [3.8, 4) is 11.5 Å². The monoisotopic (exact) mass is 380 g/mol. The number of Topliss-reactive ketones (excluding diaryl/α,β-unsaturated/α-hetero) is 1. The number of benzene rings is 1. The Morgan fingerprint density at radius 1 is 1.10 bits per heavy atom. The number of alkyl halides is 7. The summed E-state index contributed by atoms with van der Waals surface area (Å²) in [6.45, 7) is 1.30. The molecule has 1 rings (SSSR count). The Hall–Kier alpha value is -1.45. The van der Waals surface area contributed by atoms with E-state index >= 15 is 0 Å². The molecule has 1 atom stereocenters. The van der Waals surface area contributed by atoms with E-state index in [2.05, 4.69) is 25.4 Å². The second-order valence-corrected chi connectivity index (χ2v) is 5.08. The quantitative estimate of drug-likeness (QED) is 0.439. The van der Waals surface area contributed by atoms with Crippen molar-refractivity contribution in [1.82, 2.24) is 0 Å². The number of hydrogen-bond donors (Lipinski definition) is 0. The van der Waals surface area contributed by atoms with E-state index in [1.54, 1.807) is 0 Å². The van der Waals surface area contributed by atoms with Gasteiger partial charge in [0.05, 0.1) is 10.4 Å². The van der Waals surface area contributed by atoms with Crippen molar-refractivity contribution in [1.29, 1.82) is 0 Å². The van der Waals surface area contributed by atoms with Gasteiger partial charge in [-0.3, -0.25) is 4.79 Å². The lowest BCUT2D eigenvalue weighted by Gasteiger charge is -2.18. The second kappa shape index (κ2) is 6.12. The molecule has 0 aliphatic rings. The van der Waals surface area contributed by atoms with E-state index in [4.69, 9.17) is 0 Å². The van der Waals surface area contributed by atoms with Crippen LogP contribution >= 0.6 is 15.9 Å². The number of carbonyl (C=O) groups is 1. The normalized spacial score (nSPS) is 13.7. The number of ketones is 1. The van der Waals surface area contributed by atoms with Crippen LogP contribution in [0.1, 0.15) is 17.3 Å². The Morgan fingerprint density at radius 2 is 1.62 bits per heavy atom. The fourth-order valence-electron chi connectivity index (χ4n) is 1.35. The van der Waals surface area contributed by atoms with Crippen LogP contribution in [0.15, 0.2) is 18.2 Å². The SMILES string of the molecule is CC(Br)C(=O)c1cccc(OC(F)(F)F)c1OC(F)(F)F. The summed E-state index contributed by atoms with van der Waals surface area (Å²) in [6.07, 6.45) is -10.5. The Bertz CT molecular complexity index is 524. The molecule has 0 aliphatic carbocycles. The van der Waals surface area contributed by atoms with Crippen LogP contribution in [0, 0.1) is 0 Å². The van der Waals surface area contributed by atoms with Gasteiger partial charge in [0.2, 0.25) is 0 Å². The van der Waals surface area contributed by atoms with E-state index in [-0.39, 0.29) is 0 Å². The molecule has 0 saturated carbocycles. The molecule has 0 amide bonds. The van der Waals surface area contributed by atoms with E-state index in [1.165, 1.54) is 6.92 Å². The third-order valence-electron chi connectivity index (χ3n) is 2.05. The van der Waals surface area contributed by atoms with Crippen LogP contribution in [-0.2, 0) is 0 Å². The fourth-order valence-corrected chi connectivity index (χ4v) is 1.60. The summed E-state index contributed by atoms with van der Waals surface area (Å²) in [6, 6.07) is 2.47. The molecule has 10 heteroatoms. The molecule has 0 radical (unpaired) electrons. The van der Waals surface area contributed by atoms with Crippen molar-refractivity contribution >= 4 is 21.7 Å². The summed E-state index contributed by atoms with van der Waals surface area (Å²) in [5.41, 5.74) is -0.682. The van der Waals surface area contributed by atoms with E-state index in [0.29, 0.717) is 6.07 Å². The van der Waals surface area contributed by atoms with Crippen LogP contribution in [-0.4, -0.2) is 23.3 Å². The minimum atomic E-state index is -5.28. The Kier molecular flexibility index (Phi) is 5.13. The van der Waals surface area contributed by atoms with Crippen molar-refractivity contribution in [3.63, 3.8) is 0 Å². The van der Waals surface area contributed by atoms with Crippen molar-refractivity contribution in [2.45, 2.75) is 24.5 Å². The molecule has 21 heavy (non-hydrogen) atoms. The van der Waals surface area contributed by atoms with E-state index in [1.807, 2.05) is 0 Å². The van der Waals surface area contributed by atoms with Gasteiger partial charge < -0.3 is 9.47 Å². The van der Waals surface area contributed by atoms with Crippen molar-refractivity contribution < 1.29 is 40.6 Å². The van der Waals surface area contributed by atoms with Crippen LogP contribution in [0.2, 0.25) is 0 Å². The standard InChI is InChI=1S/C11H7BrF6O3/c1-5(12)8(19)6-3-2-4-7(20-10(13,14)15)9(6)21-11(16,17)18/h2-5H,1H3. The van der Waals surface area contributed by atoms with Gasteiger partial charge in [0, 0.05) is 0 Å². The molecule has 0 aliphatic heterocycles. The topological polar surface area (TPSA) is 35.5 Å². The molecule has 0 N–H and O–H groups in total. The maximum absolute atomic E-state index is 12.3. The van der Waals surface area contributed by atoms with Gasteiger partial charge in [-0.25, -0.2) is 0 Å². The number of ether oxygens (including phenoxy) is 2. The molecule has 0 aromatic heterocycles. The third-order valence-corrected chi connectivity index (χ3v) is 2.46. The Morgan fingerprint density at radius 3 is 2.05 bits per heavy atom. The highest BCUT2D eigenvalue weighted by Crippen LogP contribution is 2.39. The van der Waals surface area contributed by atoms with Gasteiger partial charge in [0.1, 0.15) is 0 Å². The predicted molar refractivity (Wildman–Crippen MR) is 62.5 cm³/mol. The van der Waals surface area contributed by atoms with Gasteiger partial charge in [-0.1, -0.05) is 22.0 Å². The lowest BCUT2D eigenvalue weighted by atomic mass is 10.1. The van der Waals surface area contributed by atoms with E-state index in [9.17, 15) is 31.1 Å². The molecule has 0 bridgehead atoms. The summed E-state index contributed by atoms with van der Waals surface area (Å²) in [4.78, 5) is 10.8. The summed E-state index contributed by atoms with van der Waals surface area (Å²) < 4.78 is 80.5. The first kappa shape index (κ1) is 17.6. The highest BCUT2D eigenvalue weighted by atomic mass is 79.9. The molecule has 1 aromatic carbocycles. The van der Waals surface area contributed by atoms with Crippen LogP contribution in [0.5, 0.6) is 11.5 Å². The lowest BCUT2D eigenvalue weighted by Crippen LogP contribution is -2.23. The first-order chi connectivity index (χ1) is 9.41. The number of rotatable bonds is 4. The Balaban J connectivity index is 3.37. The zero-order valence-corrected chi connectivity index (χ0v) is 11.8. The predicted octanol–water partition coefficient (Wildman–Crippen LogP) is 4.45. The third kappa shape index (κ3) is 5.44. The fraction of sp³-hybridized carbons (Fsp3) is 0.364. The molecule has 0 heterocycles. The first-order valence-electron chi connectivity index (χ1n) is 5.23. The molecule has 0 spiro atoms. The molecule has 3 nitrogen and oxygen atoms in total. The molecule has 1 aromatic rings. The van der Waals surface area contributed by atoms with Gasteiger partial charge >= 0.3 is 12.7 Å². The number of hydrogen-bond acceptors (Lipinski definition) is 3. The van der Waals surface area contributed by atoms with Crippen LogP contribution in [0.3, 0.4) is 0 Å². The van der Waals surface area contributed by atoms with E-state index in [0.717, 1.165) is 12.1 Å². The van der Waals surface area contributed by atoms with E-state index < -0.39 is 40.4 Å². The summed E-state index contributed by atoms with van der Waals surface area (Å²) in [7, 11) is 0. The van der Waals surface area contributed by atoms with Gasteiger partial charge in [0.15, 0.2) is 17.3 Å². The molecule has 0 saturated heterocycles. The number of carbonyl (C=O) groups excluding carboxylic acids is 1. The number of para-hydroxylation sites is 1. The van der Waals surface area contributed by atoms with Crippen molar-refractivity contribution in [2.75, 3.05) is 0 Å². The van der Waals surface area contributed by atoms with Gasteiger partial charge in [-0.2, -0.15) is 0 Å². The van der Waals surface area contributed by atoms with Crippen LogP contribution in [0.25, 0.3) is 0 Å². The van der Waals surface area contributed by atoms with Crippen molar-refractivity contribution in [2.24, 2.45) is 0 Å². The van der Waals surface area contributed by atoms with Gasteiger partial charge in [-0.15, -0.1) is 26.3 Å². The first-order valence-corrected chi connectivity index (χ1v) is 6.15. The summed E-state index contributed by atoms with van der Waals surface area (Å²) >= 11 is 2.83. The number of halogens is 7. The minimum Gasteiger partial charge on any atom is -0.402 e. The van der Waals surface area contributed by atoms with Crippen molar-refractivity contribution in [3.05, 3.63) is 23.8 Å². The van der Waals surface area contributed by atoms with Gasteiger partial charge in [-0.05, 0) is 19.1 Å². The average Bonchev–Trinajstić information content (AvgIpc) is 2.26. The highest BCUT2D eigenvalue weighted by molar-refractivity contribution is 9.10. The average molecular weight is 381 g/mol. The lowest BCUT2D eigenvalue weighted by molar-refractivity contribution is -0.287. The molecule has 1 unspecified atom stereocenters. The second-order valence-electron chi connectivity index (χ2n) is 3.71. The van der Waals surface area contributed by atoms with Gasteiger partial charge in [0.25, 0.3) is 0 Å². The van der Waals surface area contributed by atoms with Crippen LogP contribution < -0.4 is 9.47 Å². The largest absolute Gasteiger partial charge is 0.573 e. The summed E-state index contributed by atoms with van der Waals surface area (Å²) in [5.74, 6) is -3.47.